The summed E-state index contributed by atoms with van der Waals surface area (Å²) in [7, 11) is -4.30. The molecule has 0 saturated carbocycles. The number of amides is 2. The Hall–Kier alpha value is -4.02. The van der Waals surface area contributed by atoms with Gasteiger partial charge < -0.3 is 10.2 Å². The lowest BCUT2D eigenvalue weighted by Crippen LogP contribution is -2.53. The van der Waals surface area contributed by atoms with E-state index in [9.17, 15) is 22.4 Å². The molecule has 230 valence electrons. The average molecular weight is 681 g/mol. The Labute approximate surface area is 266 Å². The fourth-order valence-corrected chi connectivity index (χ4v) is 6.36. The van der Waals surface area contributed by atoms with Crippen LogP contribution in [-0.4, -0.2) is 44.3 Å². The van der Waals surface area contributed by atoms with Crippen LogP contribution in [0.5, 0.6) is 0 Å². The van der Waals surface area contributed by atoms with Gasteiger partial charge in [0.25, 0.3) is 10.0 Å². The van der Waals surface area contributed by atoms with Gasteiger partial charge in [-0.05, 0) is 73.0 Å². The van der Waals surface area contributed by atoms with Gasteiger partial charge in [-0.3, -0.25) is 13.9 Å². The van der Waals surface area contributed by atoms with Gasteiger partial charge in [0.15, 0.2) is 0 Å². The third-order valence-electron chi connectivity index (χ3n) is 7.09. The first-order chi connectivity index (χ1) is 21.1. The van der Waals surface area contributed by atoms with Crippen LogP contribution in [0, 0.1) is 12.7 Å². The van der Waals surface area contributed by atoms with E-state index in [1.54, 1.807) is 24.3 Å². The molecule has 0 unspecified atom stereocenters. The summed E-state index contributed by atoms with van der Waals surface area (Å²) in [5, 5.41) is 2.93. The highest BCUT2D eigenvalue weighted by Crippen LogP contribution is 2.26. The molecule has 4 aromatic rings. The topological polar surface area (TPSA) is 86.8 Å². The Morgan fingerprint density at radius 1 is 0.864 bits per heavy atom. The molecule has 0 aromatic heterocycles. The van der Waals surface area contributed by atoms with E-state index in [0.29, 0.717) is 13.0 Å². The van der Waals surface area contributed by atoms with Gasteiger partial charge in [0.1, 0.15) is 18.4 Å². The highest BCUT2D eigenvalue weighted by molar-refractivity contribution is 9.10. The Morgan fingerprint density at radius 2 is 1.50 bits per heavy atom. The molecule has 0 aliphatic rings. The van der Waals surface area contributed by atoms with E-state index in [0.717, 1.165) is 37.6 Å². The summed E-state index contributed by atoms with van der Waals surface area (Å²) in [6.07, 6.45) is 0.940. The van der Waals surface area contributed by atoms with Gasteiger partial charge in [-0.1, -0.05) is 83.0 Å². The number of aryl methyl sites for hydroxylation is 1. The molecule has 7 nitrogen and oxygen atoms in total. The zero-order valence-corrected chi connectivity index (χ0v) is 27.0. The van der Waals surface area contributed by atoms with Crippen molar-refractivity contribution in [2.24, 2.45) is 0 Å². The van der Waals surface area contributed by atoms with E-state index in [4.69, 9.17) is 0 Å². The highest BCUT2D eigenvalue weighted by atomic mass is 79.9. The van der Waals surface area contributed by atoms with Crippen LogP contribution >= 0.6 is 15.9 Å². The summed E-state index contributed by atoms with van der Waals surface area (Å²) in [5.41, 5.74) is 2.80. The highest BCUT2D eigenvalue weighted by Gasteiger charge is 2.34. The largest absolute Gasteiger partial charge is 0.354 e. The van der Waals surface area contributed by atoms with Gasteiger partial charge in [-0.2, -0.15) is 0 Å². The molecule has 0 aliphatic carbocycles. The predicted octanol–water partition coefficient (Wildman–Crippen LogP) is 6.26. The van der Waals surface area contributed by atoms with Crippen LogP contribution in [0.2, 0.25) is 0 Å². The monoisotopic (exact) mass is 679 g/mol. The normalized spacial score (nSPS) is 11.9. The number of benzene rings is 4. The maximum atomic E-state index is 14.4. The number of sulfonamides is 1. The standard InChI is InChI=1S/C34H35BrFN3O4S/c1-3-21-37-34(41)32(22-26-7-5-4-6-8-26)38(23-27-11-13-28(35)14-12-27)33(40)24-39(30-17-9-25(2)10-18-30)44(42,43)31-19-15-29(36)16-20-31/h4-20,32H,3,21-24H2,1-2H3,(H,37,41)/t32-/m1/s1. The van der Waals surface area contributed by atoms with Crippen molar-refractivity contribution in [2.45, 2.75) is 44.2 Å². The molecule has 0 heterocycles. The lowest BCUT2D eigenvalue weighted by Gasteiger charge is -2.34. The second-order valence-corrected chi connectivity index (χ2v) is 13.2. The molecule has 0 fully saturated rings. The van der Waals surface area contributed by atoms with Gasteiger partial charge in [0.05, 0.1) is 10.6 Å². The molecule has 0 radical (unpaired) electrons. The van der Waals surface area contributed by atoms with E-state index in [1.807, 2.05) is 68.4 Å². The average Bonchev–Trinajstić information content (AvgIpc) is 3.02. The van der Waals surface area contributed by atoms with E-state index in [1.165, 1.54) is 17.0 Å². The van der Waals surface area contributed by atoms with Crippen LogP contribution in [0.25, 0.3) is 0 Å². The van der Waals surface area contributed by atoms with Crippen molar-refractivity contribution in [3.05, 3.63) is 130 Å². The minimum Gasteiger partial charge on any atom is -0.354 e. The van der Waals surface area contributed by atoms with Crippen LogP contribution in [-0.2, 0) is 32.6 Å². The maximum Gasteiger partial charge on any atom is 0.264 e. The molecule has 10 heteroatoms. The molecule has 4 aromatic carbocycles. The molecule has 4 rings (SSSR count). The van der Waals surface area contributed by atoms with Crippen LogP contribution in [0.1, 0.15) is 30.0 Å². The number of nitrogens with one attached hydrogen (secondary N) is 1. The van der Waals surface area contributed by atoms with Crippen molar-refractivity contribution in [1.29, 1.82) is 0 Å². The summed E-state index contributed by atoms with van der Waals surface area (Å²) >= 11 is 3.44. The van der Waals surface area contributed by atoms with E-state index in [2.05, 4.69) is 21.2 Å². The molecule has 0 saturated heterocycles. The van der Waals surface area contributed by atoms with Crippen molar-refractivity contribution in [1.82, 2.24) is 10.2 Å². The van der Waals surface area contributed by atoms with Gasteiger partial charge >= 0.3 is 0 Å². The fraction of sp³-hybridized carbons (Fsp3) is 0.235. The number of carbonyl (C=O) groups excluding carboxylic acids is 2. The van der Waals surface area contributed by atoms with E-state index in [-0.39, 0.29) is 29.5 Å². The quantitative estimate of drug-likeness (QED) is 0.181. The van der Waals surface area contributed by atoms with Gasteiger partial charge in [-0.15, -0.1) is 0 Å². The summed E-state index contributed by atoms with van der Waals surface area (Å²) in [4.78, 5) is 29.3. The minimum atomic E-state index is -4.30. The van der Waals surface area contributed by atoms with Gasteiger partial charge in [-0.25, -0.2) is 12.8 Å². The lowest BCUT2D eigenvalue weighted by atomic mass is 10.0. The van der Waals surface area contributed by atoms with Crippen molar-refractivity contribution >= 4 is 43.5 Å². The number of anilines is 1. The Kier molecular flexibility index (Phi) is 11.3. The summed E-state index contributed by atoms with van der Waals surface area (Å²) < 4.78 is 43.5. The molecule has 1 N–H and O–H groups in total. The molecule has 0 spiro atoms. The van der Waals surface area contributed by atoms with Crippen molar-refractivity contribution in [3.8, 4) is 0 Å². The number of carbonyl (C=O) groups is 2. The SMILES string of the molecule is CCCNC(=O)[C@@H](Cc1ccccc1)N(Cc1ccc(Br)cc1)C(=O)CN(c1ccc(C)cc1)S(=O)(=O)c1ccc(F)cc1. The first-order valence-corrected chi connectivity index (χ1v) is 16.5. The minimum absolute atomic E-state index is 0.0709. The molecule has 44 heavy (non-hydrogen) atoms. The molecular weight excluding hydrogens is 645 g/mol. The van der Waals surface area contributed by atoms with Crippen molar-refractivity contribution in [2.75, 3.05) is 17.4 Å². The van der Waals surface area contributed by atoms with E-state index >= 15 is 0 Å². The molecule has 0 aliphatic heterocycles. The van der Waals surface area contributed by atoms with E-state index < -0.39 is 34.3 Å². The number of nitrogens with zero attached hydrogens (tertiary/aromatic N) is 2. The lowest BCUT2D eigenvalue weighted by molar-refractivity contribution is -0.140. The van der Waals surface area contributed by atoms with Gasteiger partial charge in [0.2, 0.25) is 11.8 Å². The second kappa shape index (κ2) is 15.1. The Bertz CT molecular complexity index is 1650. The predicted molar refractivity (Wildman–Crippen MR) is 174 cm³/mol. The van der Waals surface area contributed by atoms with Crippen molar-refractivity contribution in [3.63, 3.8) is 0 Å². The van der Waals surface area contributed by atoms with Gasteiger partial charge in [0, 0.05) is 24.0 Å². The maximum absolute atomic E-state index is 14.4. The Morgan fingerprint density at radius 3 is 2.11 bits per heavy atom. The summed E-state index contributed by atoms with van der Waals surface area (Å²) in [5.74, 6) is -1.47. The third-order valence-corrected chi connectivity index (χ3v) is 9.41. The number of hydrogen-bond donors (Lipinski definition) is 1. The molecule has 0 bridgehead atoms. The fourth-order valence-electron chi connectivity index (χ4n) is 4.68. The van der Waals surface area contributed by atoms with Crippen LogP contribution in [0.4, 0.5) is 10.1 Å². The summed E-state index contributed by atoms with van der Waals surface area (Å²) in [6, 6.07) is 27.1. The first-order valence-electron chi connectivity index (χ1n) is 14.3. The van der Waals surface area contributed by atoms with Crippen LogP contribution in [0.15, 0.2) is 112 Å². The smallest absolute Gasteiger partial charge is 0.264 e. The Balaban J connectivity index is 1.78. The second-order valence-electron chi connectivity index (χ2n) is 10.4. The number of halogens is 2. The molecule has 2 amide bonds. The number of hydrogen-bond acceptors (Lipinski definition) is 4. The van der Waals surface area contributed by atoms with Crippen LogP contribution in [0.3, 0.4) is 0 Å². The molecular formula is C34H35BrFN3O4S. The first kappa shape index (κ1) is 32.9. The zero-order valence-electron chi connectivity index (χ0n) is 24.6. The van der Waals surface area contributed by atoms with Crippen LogP contribution < -0.4 is 9.62 Å². The molecule has 1 atom stereocenters. The summed E-state index contributed by atoms with van der Waals surface area (Å²) in [6.45, 7) is 3.74. The van der Waals surface area contributed by atoms with Crippen molar-refractivity contribution < 1.29 is 22.4 Å². The third kappa shape index (κ3) is 8.54. The number of rotatable bonds is 13. The zero-order chi connectivity index (χ0) is 31.7.